The van der Waals surface area contributed by atoms with Crippen LogP contribution < -0.4 is 10.1 Å². The van der Waals surface area contributed by atoms with Crippen LogP contribution in [0.5, 0.6) is 5.75 Å². The van der Waals surface area contributed by atoms with Crippen molar-refractivity contribution in [3.8, 4) is 5.75 Å². The second-order valence-corrected chi connectivity index (χ2v) is 5.90. The van der Waals surface area contributed by atoms with Gasteiger partial charge in [-0.05, 0) is 43.7 Å². The van der Waals surface area contributed by atoms with Crippen LogP contribution in [0.1, 0.15) is 18.1 Å². The monoisotopic (exact) mass is 337 g/mol. The molecule has 0 saturated heterocycles. The highest BCUT2D eigenvalue weighted by Crippen LogP contribution is 2.26. The first-order valence-corrected chi connectivity index (χ1v) is 8.04. The van der Waals surface area contributed by atoms with Crippen molar-refractivity contribution in [3.63, 3.8) is 0 Å². The van der Waals surface area contributed by atoms with E-state index in [4.69, 9.17) is 9.47 Å². The number of nitrogens with one attached hydrogen (secondary N) is 1. The van der Waals surface area contributed by atoms with Crippen LogP contribution in [0.3, 0.4) is 0 Å². The maximum atomic E-state index is 12.3. The largest absolute Gasteiger partial charge is 0.488 e. The van der Waals surface area contributed by atoms with Gasteiger partial charge in [-0.15, -0.1) is 0 Å². The van der Waals surface area contributed by atoms with Gasteiger partial charge in [-0.1, -0.05) is 30.3 Å². The lowest BCUT2D eigenvalue weighted by atomic mass is 10.1. The summed E-state index contributed by atoms with van der Waals surface area (Å²) in [6.07, 6.45) is 0.817. The molecule has 1 amide bonds. The normalized spacial score (nSPS) is 13.8. The molecule has 1 aliphatic heterocycles. The fourth-order valence-electron chi connectivity index (χ4n) is 2.49. The first kappa shape index (κ1) is 16.8. The third-order valence-corrected chi connectivity index (χ3v) is 3.83. The van der Waals surface area contributed by atoms with Crippen LogP contribution in [0.4, 0.5) is 5.69 Å². The second kappa shape index (κ2) is 7.21. The van der Waals surface area contributed by atoms with E-state index in [2.05, 4.69) is 5.32 Å². The van der Waals surface area contributed by atoms with Gasteiger partial charge in [0.1, 0.15) is 12.4 Å². The molecule has 0 aliphatic carbocycles. The Morgan fingerprint density at radius 3 is 2.76 bits per heavy atom. The Morgan fingerprint density at radius 2 is 1.96 bits per heavy atom. The summed E-state index contributed by atoms with van der Waals surface area (Å²) < 4.78 is 10.8. The molecule has 0 spiro atoms. The zero-order chi connectivity index (χ0) is 17.8. The highest BCUT2D eigenvalue weighted by atomic mass is 16.6. The standard InChI is InChI=1S/C20H19NO4/c1-13-6-5-8-17(10-13)21-19(22)14(2)25-20(23)16-11-15-7-3-4-9-18(15)24-12-16/h3-11,14H,12H2,1-2H3,(H,21,22)/t14-/m1/s1. The minimum absolute atomic E-state index is 0.127. The lowest BCUT2D eigenvalue weighted by Gasteiger charge is -2.19. The number of aryl methyl sites for hydroxylation is 1. The number of esters is 1. The van der Waals surface area contributed by atoms with Crippen LogP contribution in [-0.4, -0.2) is 24.6 Å². The average Bonchev–Trinajstić information content (AvgIpc) is 2.61. The number of carbonyl (C=O) groups excluding carboxylic acids is 2. The van der Waals surface area contributed by atoms with Crippen LogP contribution in [0.2, 0.25) is 0 Å². The SMILES string of the molecule is Cc1cccc(NC(=O)[C@@H](C)OC(=O)C2=Cc3ccccc3OC2)c1. The molecule has 0 unspecified atom stereocenters. The van der Waals surface area contributed by atoms with E-state index in [9.17, 15) is 9.59 Å². The minimum atomic E-state index is -0.911. The number of rotatable bonds is 4. The van der Waals surface area contributed by atoms with E-state index in [1.54, 1.807) is 19.1 Å². The van der Waals surface area contributed by atoms with E-state index >= 15 is 0 Å². The maximum Gasteiger partial charge on any atom is 0.338 e. The van der Waals surface area contributed by atoms with Gasteiger partial charge in [-0.25, -0.2) is 4.79 Å². The molecule has 2 aromatic carbocycles. The number of amides is 1. The first-order valence-electron chi connectivity index (χ1n) is 8.04. The van der Waals surface area contributed by atoms with Gasteiger partial charge in [0.2, 0.25) is 0 Å². The van der Waals surface area contributed by atoms with Crippen LogP contribution in [0, 0.1) is 6.92 Å². The third kappa shape index (κ3) is 4.07. The lowest BCUT2D eigenvalue weighted by Crippen LogP contribution is -2.31. The Balaban J connectivity index is 1.63. The van der Waals surface area contributed by atoms with Gasteiger partial charge < -0.3 is 14.8 Å². The van der Waals surface area contributed by atoms with Gasteiger partial charge in [0, 0.05) is 11.3 Å². The van der Waals surface area contributed by atoms with E-state index in [0.29, 0.717) is 11.3 Å². The van der Waals surface area contributed by atoms with Crippen molar-refractivity contribution in [2.75, 3.05) is 11.9 Å². The number of anilines is 1. The molecular weight excluding hydrogens is 318 g/mol. The summed E-state index contributed by atoms with van der Waals surface area (Å²) in [6, 6.07) is 14.9. The Bertz CT molecular complexity index is 841. The molecule has 2 aromatic rings. The number of hydrogen-bond acceptors (Lipinski definition) is 4. The van der Waals surface area contributed by atoms with Crippen LogP contribution in [-0.2, 0) is 14.3 Å². The van der Waals surface area contributed by atoms with E-state index in [1.165, 1.54) is 0 Å². The number of ether oxygens (including phenoxy) is 2. The molecule has 0 saturated carbocycles. The minimum Gasteiger partial charge on any atom is -0.488 e. The summed E-state index contributed by atoms with van der Waals surface area (Å²) in [5, 5.41) is 2.74. The quantitative estimate of drug-likeness (QED) is 0.869. The third-order valence-electron chi connectivity index (χ3n) is 3.83. The van der Waals surface area contributed by atoms with Crippen molar-refractivity contribution in [3.05, 3.63) is 65.2 Å². The summed E-state index contributed by atoms with van der Waals surface area (Å²) in [5.41, 5.74) is 2.90. The smallest absolute Gasteiger partial charge is 0.338 e. The summed E-state index contributed by atoms with van der Waals surface area (Å²) in [6.45, 7) is 3.61. The van der Waals surface area contributed by atoms with Gasteiger partial charge in [-0.3, -0.25) is 4.79 Å². The number of fused-ring (bicyclic) bond motifs is 1. The molecular formula is C20H19NO4. The highest BCUT2D eigenvalue weighted by molar-refractivity contribution is 5.99. The second-order valence-electron chi connectivity index (χ2n) is 5.90. The molecule has 0 aromatic heterocycles. The molecule has 5 nitrogen and oxygen atoms in total. The van der Waals surface area contributed by atoms with Crippen molar-refractivity contribution < 1.29 is 19.1 Å². The van der Waals surface area contributed by atoms with Crippen molar-refractivity contribution >= 4 is 23.6 Å². The molecule has 0 bridgehead atoms. The Hall–Kier alpha value is -3.08. The maximum absolute atomic E-state index is 12.3. The fourth-order valence-corrected chi connectivity index (χ4v) is 2.49. The van der Waals surface area contributed by atoms with Crippen molar-refractivity contribution in [1.82, 2.24) is 0 Å². The summed E-state index contributed by atoms with van der Waals surface area (Å²) in [5.74, 6) is -0.206. The Kier molecular flexibility index (Phi) is 4.84. The highest BCUT2D eigenvalue weighted by Gasteiger charge is 2.23. The Labute approximate surface area is 146 Å². The number of hydrogen-bond donors (Lipinski definition) is 1. The molecule has 0 radical (unpaired) electrons. The van der Waals surface area contributed by atoms with Crippen molar-refractivity contribution in [2.45, 2.75) is 20.0 Å². The molecule has 128 valence electrons. The Morgan fingerprint density at radius 1 is 1.16 bits per heavy atom. The van der Waals surface area contributed by atoms with Gasteiger partial charge in [0.05, 0.1) is 5.57 Å². The molecule has 25 heavy (non-hydrogen) atoms. The number of carbonyl (C=O) groups is 2. The van der Waals surface area contributed by atoms with E-state index < -0.39 is 12.1 Å². The topological polar surface area (TPSA) is 64.6 Å². The van der Waals surface area contributed by atoms with Gasteiger partial charge in [0.25, 0.3) is 5.91 Å². The zero-order valence-electron chi connectivity index (χ0n) is 14.1. The van der Waals surface area contributed by atoms with Crippen LogP contribution >= 0.6 is 0 Å². The predicted octanol–water partition coefficient (Wildman–Crippen LogP) is 3.34. The van der Waals surface area contributed by atoms with Gasteiger partial charge >= 0.3 is 5.97 Å². The predicted molar refractivity (Wildman–Crippen MR) is 95.3 cm³/mol. The average molecular weight is 337 g/mol. The summed E-state index contributed by atoms with van der Waals surface area (Å²) in [4.78, 5) is 24.5. The number of para-hydroxylation sites is 1. The lowest BCUT2D eigenvalue weighted by molar-refractivity contribution is -0.149. The summed E-state index contributed by atoms with van der Waals surface area (Å²) >= 11 is 0. The van der Waals surface area contributed by atoms with E-state index in [1.807, 2.05) is 49.4 Å². The molecule has 0 fully saturated rings. The number of benzene rings is 2. The van der Waals surface area contributed by atoms with Gasteiger partial charge in [0.15, 0.2) is 6.10 Å². The summed E-state index contributed by atoms with van der Waals surface area (Å²) in [7, 11) is 0. The molecule has 1 atom stereocenters. The first-order chi connectivity index (χ1) is 12.0. The fraction of sp³-hybridized carbons (Fsp3) is 0.200. The molecule has 3 rings (SSSR count). The zero-order valence-corrected chi connectivity index (χ0v) is 14.1. The molecule has 1 aliphatic rings. The molecule has 1 N–H and O–H groups in total. The molecule has 5 heteroatoms. The van der Waals surface area contributed by atoms with Crippen LogP contribution in [0.15, 0.2) is 54.1 Å². The van der Waals surface area contributed by atoms with Gasteiger partial charge in [-0.2, -0.15) is 0 Å². The molecule has 1 heterocycles. The van der Waals surface area contributed by atoms with E-state index in [-0.39, 0.29) is 12.5 Å². The van der Waals surface area contributed by atoms with Crippen molar-refractivity contribution in [1.29, 1.82) is 0 Å². The van der Waals surface area contributed by atoms with E-state index in [0.717, 1.165) is 16.9 Å². The van der Waals surface area contributed by atoms with Crippen LogP contribution in [0.25, 0.3) is 6.08 Å². The van der Waals surface area contributed by atoms with Crippen molar-refractivity contribution in [2.24, 2.45) is 0 Å².